The molecule has 0 radical (unpaired) electrons. The number of carbonyl (C=O) groups is 1. The fourth-order valence-corrected chi connectivity index (χ4v) is 1.36. The van der Waals surface area contributed by atoms with Crippen molar-refractivity contribution < 1.29 is 4.79 Å². The molecule has 92 valence electrons. The van der Waals surface area contributed by atoms with E-state index in [1.54, 1.807) is 11.2 Å². The number of nitrogens with zero attached hydrogens (tertiary/aromatic N) is 2. The number of aliphatic imine (C=N–C) groups is 1. The van der Waals surface area contributed by atoms with Crippen LogP contribution in [0.5, 0.6) is 0 Å². The highest BCUT2D eigenvalue weighted by molar-refractivity contribution is 6.00. The zero-order chi connectivity index (χ0) is 12.8. The lowest BCUT2D eigenvalue weighted by Crippen LogP contribution is -2.36. The van der Waals surface area contributed by atoms with Gasteiger partial charge in [-0.05, 0) is 39.8 Å². The molecule has 0 aliphatic carbocycles. The molecule has 1 amide bonds. The lowest BCUT2D eigenvalue weighted by atomic mass is 10.2. The van der Waals surface area contributed by atoms with Gasteiger partial charge >= 0.3 is 0 Å². The van der Waals surface area contributed by atoms with Crippen molar-refractivity contribution >= 4 is 12.2 Å². The molecule has 17 heavy (non-hydrogen) atoms. The van der Waals surface area contributed by atoms with Crippen LogP contribution in [0.25, 0.3) is 0 Å². The van der Waals surface area contributed by atoms with Gasteiger partial charge < -0.3 is 0 Å². The first-order chi connectivity index (χ1) is 8.02. The Bertz CT molecular complexity index is 382. The van der Waals surface area contributed by atoms with Crippen LogP contribution in [0.2, 0.25) is 0 Å². The van der Waals surface area contributed by atoms with Gasteiger partial charge in [-0.15, -0.1) is 0 Å². The summed E-state index contributed by atoms with van der Waals surface area (Å²) in [6.45, 7) is 7.93. The largest absolute Gasteiger partial charge is 0.297 e. The van der Waals surface area contributed by atoms with E-state index in [0.717, 1.165) is 0 Å². The zero-order valence-electron chi connectivity index (χ0n) is 10.9. The van der Waals surface area contributed by atoms with E-state index in [9.17, 15) is 4.79 Å². The van der Waals surface area contributed by atoms with Gasteiger partial charge in [0, 0.05) is 17.6 Å². The van der Waals surface area contributed by atoms with Crippen molar-refractivity contribution in [1.29, 1.82) is 0 Å². The van der Waals surface area contributed by atoms with Crippen LogP contribution < -0.4 is 0 Å². The third kappa shape index (κ3) is 4.02. The summed E-state index contributed by atoms with van der Waals surface area (Å²) in [5.41, 5.74) is 0.691. The summed E-state index contributed by atoms with van der Waals surface area (Å²) < 4.78 is 0. The molecule has 0 atom stereocenters. The topological polar surface area (TPSA) is 32.7 Å². The molecule has 0 aliphatic rings. The van der Waals surface area contributed by atoms with Gasteiger partial charge in [-0.25, -0.2) is 0 Å². The maximum absolute atomic E-state index is 12.2. The van der Waals surface area contributed by atoms with E-state index in [2.05, 4.69) is 4.99 Å². The molecule has 3 nitrogen and oxygen atoms in total. The number of hydrogen-bond donors (Lipinski definition) is 0. The normalized spacial score (nSPS) is 11.4. The van der Waals surface area contributed by atoms with Crippen LogP contribution in [0.4, 0.5) is 0 Å². The maximum Gasteiger partial charge on any atom is 0.259 e. The van der Waals surface area contributed by atoms with Crippen LogP contribution in [-0.4, -0.2) is 29.2 Å². The highest BCUT2D eigenvalue weighted by Crippen LogP contribution is 2.06. The summed E-state index contributed by atoms with van der Waals surface area (Å²) in [7, 11) is 0. The Kier molecular flexibility index (Phi) is 4.88. The third-order valence-corrected chi connectivity index (χ3v) is 2.30. The first kappa shape index (κ1) is 13.4. The molecule has 0 spiro atoms. The minimum Gasteiger partial charge on any atom is -0.297 e. The Morgan fingerprint density at radius 3 is 2.24 bits per heavy atom. The SMILES string of the molecule is CC(C)N=CN(C(=O)c1ccccc1)C(C)C. The molecule has 0 saturated carbocycles. The lowest BCUT2D eigenvalue weighted by Gasteiger charge is -2.22. The van der Waals surface area contributed by atoms with E-state index in [0.29, 0.717) is 5.56 Å². The zero-order valence-corrected chi connectivity index (χ0v) is 10.9. The highest BCUT2D eigenvalue weighted by Gasteiger charge is 2.16. The van der Waals surface area contributed by atoms with Gasteiger partial charge in [-0.2, -0.15) is 0 Å². The molecular formula is C14H20N2O. The van der Waals surface area contributed by atoms with Gasteiger partial charge in [-0.3, -0.25) is 14.7 Å². The van der Waals surface area contributed by atoms with Crippen molar-refractivity contribution in [2.75, 3.05) is 0 Å². The molecule has 0 aliphatic heterocycles. The first-order valence-electron chi connectivity index (χ1n) is 5.93. The summed E-state index contributed by atoms with van der Waals surface area (Å²) in [6.07, 6.45) is 1.64. The van der Waals surface area contributed by atoms with Gasteiger partial charge in [0.15, 0.2) is 0 Å². The van der Waals surface area contributed by atoms with Gasteiger partial charge in [0.25, 0.3) is 5.91 Å². The number of carbonyl (C=O) groups excluding carboxylic acids is 1. The van der Waals surface area contributed by atoms with Gasteiger partial charge in [-0.1, -0.05) is 18.2 Å². The maximum atomic E-state index is 12.2. The third-order valence-electron chi connectivity index (χ3n) is 2.30. The van der Waals surface area contributed by atoms with E-state index in [1.165, 1.54) is 0 Å². The molecule has 1 aromatic rings. The minimum atomic E-state index is -0.00926. The molecule has 1 rings (SSSR count). The average molecular weight is 232 g/mol. The predicted octanol–water partition coefficient (Wildman–Crippen LogP) is 2.97. The molecule has 0 unspecified atom stereocenters. The van der Waals surface area contributed by atoms with Crippen LogP contribution in [-0.2, 0) is 0 Å². The molecule has 0 N–H and O–H groups in total. The van der Waals surface area contributed by atoms with E-state index < -0.39 is 0 Å². The van der Waals surface area contributed by atoms with Crippen LogP contribution in [0.1, 0.15) is 38.1 Å². The minimum absolute atomic E-state index is 0.00926. The summed E-state index contributed by atoms with van der Waals surface area (Å²) in [5.74, 6) is -0.00926. The van der Waals surface area contributed by atoms with E-state index in [4.69, 9.17) is 0 Å². The standard InChI is InChI=1S/C14H20N2O/c1-11(2)15-10-16(12(3)4)14(17)13-8-6-5-7-9-13/h5-12H,1-4H3. The van der Waals surface area contributed by atoms with Gasteiger partial charge in [0.05, 0.1) is 6.34 Å². The fourth-order valence-electron chi connectivity index (χ4n) is 1.36. The van der Waals surface area contributed by atoms with Crippen LogP contribution in [0, 0.1) is 0 Å². The molecule has 0 fully saturated rings. The molecule has 0 bridgehead atoms. The monoisotopic (exact) mass is 232 g/mol. The van der Waals surface area contributed by atoms with Crippen molar-refractivity contribution in [1.82, 2.24) is 4.90 Å². The van der Waals surface area contributed by atoms with Crippen LogP contribution in [0.15, 0.2) is 35.3 Å². The predicted molar refractivity (Wildman–Crippen MR) is 71.4 cm³/mol. The summed E-state index contributed by atoms with van der Waals surface area (Å²) in [5, 5.41) is 0. The Balaban J connectivity index is 2.89. The van der Waals surface area contributed by atoms with Crippen molar-refractivity contribution in [2.45, 2.75) is 39.8 Å². The summed E-state index contributed by atoms with van der Waals surface area (Å²) in [6, 6.07) is 9.57. The van der Waals surface area contributed by atoms with E-state index >= 15 is 0 Å². The quantitative estimate of drug-likeness (QED) is 0.580. The van der Waals surface area contributed by atoms with E-state index in [1.807, 2.05) is 58.0 Å². The lowest BCUT2D eigenvalue weighted by molar-refractivity contribution is 0.0824. The van der Waals surface area contributed by atoms with E-state index in [-0.39, 0.29) is 18.0 Å². The second kappa shape index (κ2) is 6.18. The molecular weight excluding hydrogens is 212 g/mol. The highest BCUT2D eigenvalue weighted by atomic mass is 16.2. The number of hydrogen-bond acceptors (Lipinski definition) is 2. The van der Waals surface area contributed by atoms with Crippen molar-refractivity contribution in [3.8, 4) is 0 Å². The number of rotatable bonds is 4. The Labute approximate surface area is 103 Å². The van der Waals surface area contributed by atoms with Crippen molar-refractivity contribution in [3.63, 3.8) is 0 Å². The van der Waals surface area contributed by atoms with Gasteiger partial charge in [0.1, 0.15) is 0 Å². The fraction of sp³-hybridized carbons (Fsp3) is 0.429. The smallest absolute Gasteiger partial charge is 0.259 e. The average Bonchev–Trinajstić information content (AvgIpc) is 2.29. The Morgan fingerprint density at radius 2 is 1.76 bits per heavy atom. The van der Waals surface area contributed by atoms with Crippen molar-refractivity contribution in [2.24, 2.45) is 4.99 Å². The Hall–Kier alpha value is -1.64. The summed E-state index contributed by atoms with van der Waals surface area (Å²) in [4.78, 5) is 18.2. The van der Waals surface area contributed by atoms with Gasteiger partial charge in [0.2, 0.25) is 0 Å². The number of benzene rings is 1. The number of amides is 1. The molecule has 0 heterocycles. The molecule has 0 saturated heterocycles. The van der Waals surface area contributed by atoms with Crippen LogP contribution in [0.3, 0.4) is 0 Å². The van der Waals surface area contributed by atoms with Crippen molar-refractivity contribution in [3.05, 3.63) is 35.9 Å². The van der Waals surface area contributed by atoms with Crippen LogP contribution >= 0.6 is 0 Å². The summed E-state index contributed by atoms with van der Waals surface area (Å²) >= 11 is 0. The molecule has 3 heteroatoms. The Morgan fingerprint density at radius 1 is 1.18 bits per heavy atom. The molecule has 1 aromatic carbocycles. The first-order valence-corrected chi connectivity index (χ1v) is 5.93. The second-order valence-electron chi connectivity index (χ2n) is 4.53. The second-order valence-corrected chi connectivity index (χ2v) is 4.53. The molecule has 0 aromatic heterocycles.